The SMILES string of the molecule is Cc1ccc(C(C)(C)C)cc1S(=O)(=O)NC(=O)C1COc2ccccc2C1. The number of aryl methyl sites for hydroxylation is 1. The lowest BCUT2D eigenvalue weighted by Crippen LogP contribution is -2.40. The van der Waals surface area contributed by atoms with Gasteiger partial charge in [-0.25, -0.2) is 13.1 Å². The fourth-order valence-electron chi connectivity index (χ4n) is 3.12. The molecule has 144 valence electrons. The van der Waals surface area contributed by atoms with Crippen molar-refractivity contribution >= 4 is 15.9 Å². The Hall–Kier alpha value is -2.34. The standard InChI is InChI=1S/C21H25NO4S/c1-14-9-10-17(21(2,3)4)12-19(14)27(24,25)22-20(23)16-11-15-7-5-6-8-18(15)26-13-16/h5-10,12,16H,11,13H2,1-4H3,(H,22,23). The highest BCUT2D eigenvalue weighted by atomic mass is 32.2. The van der Waals surface area contributed by atoms with Crippen LogP contribution in [0.4, 0.5) is 0 Å². The molecule has 0 aliphatic carbocycles. The van der Waals surface area contributed by atoms with E-state index in [-0.39, 0.29) is 16.9 Å². The summed E-state index contributed by atoms with van der Waals surface area (Å²) in [6, 6.07) is 12.8. The molecule has 6 heteroatoms. The summed E-state index contributed by atoms with van der Waals surface area (Å²) >= 11 is 0. The molecular weight excluding hydrogens is 362 g/mol. The third kappa shape index (κ3) is 4.16. The summed E-state index contributed by atoms with van der Waals surface area (Å²) < 4.78 is 33.6. The zero-order valence-electron chi connectivity index (χ0n) is 16.1. The van der Waals surface area contributed by atoms with Crippen LogP contribution in [0.25, 0.3) is 0 Å². The van der Waals surface area contributed by atoms with E-state index in [2.05, 4.69) is 4.72 Å². The molecule has 27 heavy (non-hydrogen) atoms. The minimum Gasteiger partial charge on any atom is -0.492 e. The van der Waals surface area contributed by atoms with Crippen LogP contribution in [0, 0.1) is 12.8 Å². The molecule has 1 N–H and O–H groups in total. The Morgan fingerprint density at radius 1 is 1.15 bits per heavy atom. The predicted molar refractivity (Wildman–Crippen MR) is 104 cm³/mol. The van der Waals surface area contributed by atoms with Gasteiger partial charge in [-0.15, -0.1) is 0 Å². The third-order valence-corrected chi connectivity index (χ3v) is 6.32. The van der Waals surface area contributed by atoms with Crippen LogP contribution in [0.5, 0.6) is 5.75 Å². The minimum atomic E-state index is -3.95. The second kappa shape index (κ2) is 7.00. The van der Waals surface area contributed by atoms with Crippen molar-refractivity contribution in [2.24, 2.45) is 5.92 Å². The molecule has 0 bridgehead atoms. The molecule has 0 aromatic heterocycles. The highest BCUT2D eigenvalue weighted by Gasteiger charge is 2.30. The van der Waals surface area contributed by atoms with Crippen molar-refractivity contribution < 1.29 is 17.9 Å². The summed E-state index contributed by atoms with van der Waals surface area (Å²) in [6.45, 7) is 7.95. The van der Waals surface area contributed by atoms with Crippen molar-refractivity contribution in [3.63, 3.8) is 0 Å². The van der Waals surface area contributed by atoms with Gasteiger partial charge in [0.2, 0.25) is 5.91 Å². The van der Waals surface area contributed by atoms with Crippen molar-refractivity contribution in [2.75, 3.05) is 6.61 Å². The molecule has 1 aliphatic heterocycles. The molecule has 5 nitrogen and oxygen atoms in total. The summed E-state index contributed by atoms with van der Waals surface area (Å²) in [7, 11) is -3.95. The normalized spacial score (nSPS) is 17.0. The monoisotopic (exact) mass is 387 g/mol. The Labute approximate surface area is 160 Å². The molecule has 1 unspecified atom stereocenters. The van der Waals surface area contributed by atoms with Crippen LogP contribution in [-0.2, 0) is 26.7 Å². The van der Waals surface area contributed by atoms with E-state index in [4.69, 9.17) is 4.74 Å². The smallest absolute Gasteiger partial charge is 0.264 e. The Morgan fingerprint density at radius 3 is 2.56 bits per heavy atom. The van der Waals surface area contributed by atoms with Crippen molar-refractivity contribution in [3.8, 4) is 5.75 Å². The van der Waals surface area contributed by atoms with E-state index >= 15 is 0 Å². The molecule has 1 heterocycles. The molecule has 1 amide bonds. The second-order valence-corrected chi connectivity index (χ2v) is 9.67. The first-order valence-electron chi connectivity index (χ1n) is 8.96. The minimum absolute atomic E-state index is 0.139. The molecule has 0 spiro atoms. The van der Waals surface area contributed by atoms with Gasteiger partial charge < -0.3 is 4.74 Å². The van der Waals surface area contributed by atoms with Crippen LogP contribution in [0.2, 0.25) is 0 Å². The predicted octanol–water partition coefficient (Wildman–Crippen LogP) is 3.35. The number of hydrogen-bond acceptors (Lipinski definition) is 4. The van der Waals surface area contributed by atoms with Crippen LogP contribution in [-0.4, -0.2) is 20.9 Å². The first-order chi connectivity index (χ1) is 12.6. The Bertz CT molecular complexity index is 974. The highest BCUT2D eigenvalue weighted by molar-refractivity contribution is 7.90. The summed E-state index contributed by atoms with van der Waals surface area (Å²) in [5, 5.41) is 0. The molecule has 2 aromatic rings. The number of ether oxygens (including phenoxy) is 1. The number of benzene rings is 2. The maximum absolute atomic E-state index is 12.9. The topological polar surface area (TPSA) is 72.5 Å². The average Bonchev–Trinajstić information content (AvgIpc) is 2.60. The Morgan fingerprint density at radius 2 is 1.85 bits per heavy atom. The molecular formula is C21H25NO4S. The zero-order valence-corrected chi connectivity index (χ0v) is 16.9. The number of amides is 1. The quantitative estimate of drug-likeness (QED) is 0.877. The fourth-order valence-corrected chi connectivity index (χ4v) is 4.44. The molecule has 1 aliphatic rings. The average molecular weight is 388 g/mol. The number of hydrogen-bond donors (Lipinski definition) is 1. The van der Waals surface area contributed by atoms with Gasteiger partial charge in [-0.1, -0.05) is 51.1 Å². The first kappa shape index (κ1) is 19.4. The van der Waals surface area contributed by atoms with E-state index in [1.165, 1.54) is 0 Å². The maximum Gasteiger partial charge on any atom is 0.264 e. The molecule has 0 fully saturated rings. The van der Waals surface area contributed by atoms with Crippen molar-refractivity contribution in [2.45, 2.75) is 44.4 Å². The van der Waals surface area contributed by atoms with E-state index < -0.39 is 21.8 Å². The summed E-state index contributed by atoms with van der Waals surface area (Å²) in [4.78, 5) is 12.8. The van der Waals surface area contributed by atoms with E-state index in [0.29, 0.717) is 12.0 Å². The largest absolute Gasteiger partial charge is 0.492 e. The van der Waals surface area contributed by atoms with E-state index in [1.807, 2.05) is 51.1 Å². The second-order valence-electron chi connectivity index (χ2n) is 8.02. The lowest BCUT2D eigenvalue weighted by atomic mass is 9.87. The van der Waals surface area contributed by atoms with E-state index in [0.717, 1.165) is 16.9 Å². The first-order valence-corrected chi connectivity index (χ1v) is 10.4. The van der Waals surface area contributed by atoms with Gasteiger partial charge in [-0.05, 0) is 47.6 Å². The van der Waals surface area contributed by atoms with Crippen LogP contribution >= 0.6 is 0 Å². The fraction of sp³-hybridized carbons (Fsp3) is 0.381. The molecule has 1 atom stereocenters. The number of carbonyl (C=O) groups is 1. The zero-order chi connectivity index (χ0) is 19.8. The third-order valence-electron chi connectivity index (χ3n) is 4.83. The van der Waals surface area contributed by atoms with Gasteiger partial charge >= 0.3 is 0 Å². The number of fused-ring (bicyclic) bond motifs is 1. The van der Waals surface area contributed by atoms with Crippen LogP contribution in [0.3, 0.4) is 0 Å². The lowest BCUT2D eigenvalue weighted by Gasteiger charge is -2.25. The van der Waals surface area contributed by atoms with Gasteiger partial charge in [-0.2, -0.15) is 0 Å². The number of nitrogens with one attached hydrogen (secondary N) is 1. The molecule has 0 saturated carbocycles. The van der Waals surface area contributed by atoms with Crippen molar-refractivity contribution in [1.29, 1.82) is 0 Å². The number of para-hydroxylation sites is 1. The van der Waals surface area contributed by atoms with Crippen molar-refractivity contribution in [3.05, 3.63) is 59.2 Å². The van der Waals surface area contributed by atoms with Gasteiger partial charge in [0.05, 0.1) is 10.8 Å². The maximum atomic E-state index is 12.9. The van der Waals surface area contributed by atoms with Gasteiger partial charge in [0.15, 0.2) is 0 Å². The Kier molecular flexibility index (Phi) is 5.04. The van der Waals surface area contributed by atoms with Gasteiger partial charge in [0.25, 0.3) is 10.0 Å². The number of carbonyl (C=O) groups excluding carboxylic acids is 1. The lowest BCUT2D eigenvalue weighted by molar-refractivity contribution is -0.124. The van der Waals surface area contributed by atoms with Crippen LogP contribution in [0.15, 0.2) is 47.4 Å². The number of rotatable bonds is 3. The van der Waals surface area contributed by atoms with Gasteiger partial charge in [-0.3, -0.25) is 4.79 Å². The number of sulfonamides is 1. The van der Waals surface area contributed by atoms with Crippen molar-refractivity contribution in [1.82, 2.24) is 4.72 Å². The molecule has 2 aromatic carbocycles. The summed E-state index contributed by atoms with van der Waals surface area (Å²) in [6.07, 6.45) is 0.457. The van der Waals surface area contributed by atoms with Gasteiger partial charge in [0, 0.05) is 0 Å². The van der Waals surface area contributed by atoms with E-state index in [1.54, 1.807) is 19.1 Å². The van der Waals surface area contributed by atoms with Crippen LogP contribution < -0.4 is 9.46 Å². The molecule has 3 rings (SSSR count). The molecule has 0 radical (unpaired) electrons. The van der Waals surface area contributed by atoms with E-state index in [9.17, 15) is 13.2 Å². The molecule has 0 saturated heterocycles. The highest BCUT2D eigenvalue weighted by Crippen LogP contribution is 2.29. The van der Waals surface area contributed by atoms with Crippen LogP contribution in [0.1, 0.15) is 37.5 Å². The Balaban J connectivity index is 1.82. The summed E-state index contributed by atoms with van der Waals surface area (Å²) in [5.41, 5.74) is 2.22. The summed E-state index contributed by atoms with van der Waals surface area (Å²) in [5.74, 6) is -0.330. The van der Waals surface area contributed by atoms with Gasteiger partial charge in [0.1, 0.15) is 12.4 Å².